The number of nitrogens with two attached hydrogens (primary N) is 1. The van der Waals surface area contributed by atoms with Gasteiger partial charge in [0.05, 0.1) is 5.70 Å². The topological polar surface area (TPSA) is 118 Å². The number of nitrogens with one attached hydrogen (secondary N) is 3. The molecule has 0 aromatic rings. The fourth-order valence-electron chi connectivity index (χ4n) is 0.787. The van der Waals surface area contributed by atoms with E-state index in [2.05, 4.69) is 15.8 Å². The Hall–Kier alpha value is -2.51. The summed E-state index contributed by atoms with van der Waals surface area (Å²) in [5, 5.41) is 15.5. The van der Waals surface area contributed by atoms with E-state index in [9.17, 15) is 10.1 Å². The lowest BCUT2D eigenvalue weighted by atomic mass is 10.3. The largest absolute Gasteiger partial charge is 0.364 e. The van der Waals surface area contributed by atoms with Crippen LogP contribution in [0.3, 0.4) is 0 Å². The molecule has 0 bridgehead atoms. The number of hydrazine groups is 1. The predicted molar refractivity (Wildman–Crippen MR) is 54.4 cm³/mol. The van der Waals surface area contributed by atoms with E-state index in [1.807, 2.05) is 12.2 Å². The normalized spacial score (nSPS) is 17.3. The van der Waals surface area contributed by atoms with Gasteiger partial charge in [-0.1, -0.05) is 11.5 Å². The van der Waals surface area contributed by atoms with Crippen LogP contribution in [0.25, 0.3) is 0 Å². The van der Waals surface area contributed by atoms with E-state index < -0.39 is 5.03 Å². The summed E-state index contributed by atoms with van der Waals surface area (Å²) in [5.41, 5.74) is 10.0. The Kier molecular flexibility index (Phi) is 3.71. The van der Waals surface area contributed by atoms with Crippen LogP contribution in [0.5, 0.6) is 0 Å². The Morgan fingerprint density at radius 1 is 1.67 bits per heavy atom. The van der Waals surface area contributed by atoms with Crippen LogP contribution in [0.15, 0.2) is 41.4 Å². The third-order valence-corrected chi connectivity index (χ3v) is 1.34. The van der Waals surface area contributed by atoms with Gasteiger partial charge in [0.1, 0.15) is 0 Å². The monoisotopic (exact) mass is 210 g/mol. The first-order valence-electron chi connectivity index (χ1n) is 3.98. The number of guanidine groups is 1. The molecule has 1 aliphatic rings. The second-order valence-electron chi connectivity index (χ2n) is 2.46. The van der Waals surface area contributed by atoms with Gasteiger partial charge in [0, 0.05) is 12.4 Å². The molecule has 1 rings (SSSR count). The third-order valence-electron chi connectivity index (χ3n) is 1.34. The average Bonchev–Trinajstić information content (AvgIpc) is 2.18. The number of allylic oxidation sites excluding steroid dienone is 3. The Morgan fingerprint density at radius 2 is 2.47 bits per heavy atom. The van der Waals surface area contributed by atoms with Crippen molar-refractivity contribution < 1.29 is 5.03 Å². The van der Waals surface area contributed by atoms with E-state index in [0.29, 0.717) is 0 Å². The Morgan fingerprint density at radius 3 is 3.07 bits per heavy atom. The number of rotatable bonds is 3. The SMILES string of the molecule is NC(=NN/C=C1\C=CC=CN1)N[N+](=O)[O-]. The van der Waals surface area contributed by atoms with Gasteiger partial charge in [-0.05, 0) is 12.2 Å². The lowest BCUT2D eigenvalue weighted by Crippen LogP contribution is -2.37. The Balaban J connectivity index is 2.40. The van der Waals surface area contributed by atoms with Crippen molar-refractivity contribution in [2.75, 3.05) is 0 Å². The average molecular weight is 210 g/mol. The third kappa shape index (κ3) is 4.31. The minimum Gasteiger partial charge on any atom is -0.364 e. The standard InChI is InChI=1S/C7H10N6O2/c8-7(12-13(14)15)11-10-5-6-3-1-2-4-9-6/h1-5,9-10H,(H3,8,11,12)/b6-5+. The van der Waals surface area contributed by atoms with Crippen LogP contribution in [0.4, 0.5) is 0 Å². The van der Waals surface area contributed by atoms with Crippen LogP contribution in [0, 0.1) is 10.1 Å². The first-order valence-corrected chi connectivity index (χ1v) is 3.98. The summed E-state index contributed by atoms with van der Waals surface area (Å²) in [5.74, 6) is -0.327. The van der Waals surface area contributed by atoms with Gasteiger partial charge in [-0.25, -0.2) is 10.1 Å². The van der Waals surface area contributed by atoms with Gasteiger partial charge in [0.2, 0.25) is 0 Å². The molecule has 0 amide bonds. The molecule has 0 unspecified atom stereocenters. The molecule has 15 heavy (non-hydrogen) atoms. The summed E-state index contributed by atoms with van der Waals surface area (Å²) in [4.78, 5) is 9.93. The lowest BCUT2D eigenvalue weighted by Gasteiger charge is -2.04. The zero-order valence-electron chi connectivity index (χ0n) is 7.68. The van der Waals surface area contributed by atoms with Crippen molar-refractivity contribution >= 4 is 5.96 Å². The highest BCUT2D eigenvalue weighted by Crippen LogP contribution is 1.95. The van der Waals surface area contributed by atoms with Crippen molar-refractivity contribution in [3.05, 3.63) is 46.4 Å². The fraction of sp³-hybridized carbons (Fsp3) is 0. The fourth-order valence-corrected chi connectivity index (χ4v) is 0.787. The van der Waals surface area contributed by atoms with Crippen molar-refractivity contribution in [1.82, 2.24) is 16.2 Å². The molecule has 0 saturated heterocycles. The Labute approximate surface area is 85.3 Å². The van der Waals surface area contributed by atoms with Crippen molar-refractivity contribution in [1.29, 1.82) is 0 Å². The molecule has 8 nitrogen and oxygen atoms in total. The molecule has 0 aromatic heterocycles. The maximum Gasteiger partial charge on any atom is 0.273 e. The molecule has 0 fully saturated rings. The van der Waals surface area contributed by atoms with Gasteiger partial charge in [-0.3, -0.25) is 5.43 Å². The summed E-state index contributed by atoms with van der Waals surface area (Å²) >= 11 is 0. The molecule has 0 spiro atoms. The quantitative estimate of drug-likeness (QED) is 0.207. The molecule has 5 N–H and O–H groups in total. The second-order valence-corrected chi connectivity index (χ2v) is 2.46. The van der Waals surface area contributed by atoms with Gasteiger partial charge in [-0.15, -0.1) is 5.10 Å². The van der Waals surface area contributed by atoms with Crippen LogP contribution in [0.2, 0.25) is 0 Å². The van der Waals surface area contributed by atoms with Crippen molar-refractivity contribution in [3.8, 4) is 0 Å². The van der Waals surface area contributed by atoms with E-state index >= 15 is 0 Å². The van der Waals surface area contributed by atoms with Crippen molar-refractivity contribution in [2.24, 2.45) is 10.8 Å². The number of hydrogen-bond acceptors (Lipinski definition) is 5. The number of hydrazone groups is 1. The molecular formula is C7H10N6O2. The van der Waals surface area contributed by atoms with Crippen LogP contribution < -0.4 is 21.9 Å². The molecule has 0 radical (unpaired) electrons. The van der Waals surface area contributed by atoms with Crippen molar-refractivity contribution in [3.63, 3.8) is 0 Å². The lowest BCUT2D eigenvalue weighted by molar-refractivity contribution is -0.525. The minimum absolute atomic E-state index is 0.327. The van der Waals surface area contributed by atoms with Gasteiger partial charge >= 0.3 is 0 Å². The summed E-state index contributed by atoms with van der Waals surface area (Å²) in [6.45, 7) is 0. The van der Waals surface area contributed by atoms with Crippen LogP contribution in [0.1, 0.15) is 0 Å². The molecule has 0 aromatic carbocycles. The van der Waals surface area contributed by atoms with E-state index in [0.717, 1.165) is 5.70 Å². The number of dihydropyridines is 1. The first-order chi connectivity index (χ1) is 7.18. The molecule has 1 heterocycles. The highest BCUT2D eigenvalue weighted by Gasteiger charge is 1.97. The van der Waals surface area contributed by atoms with Crippen LogP contribution in [-0.2, 0) is 0 Å². The number of hydrogen-bond donors (Lipinski definition) is 4. The highest BCUT2D eigenvalue weighted by atomic mass is 16.7. The smallest absolute Gasteiger partial charge is 0.273 e. The zero-order valence-corrected chi connectivity index (χ0v) is 7.68. The number of nitrogens with zero attached hydrogens (tertiary/aromatic N) is 2. The molecule has 0 saturated carbocycles. The first kappa shape index (κ1) is 10.6. The molecule has 8 heteroatoms. The summed E-state index contributed by atoms with van der Waals surface area (Å²) in [6, 6.07) is 0. The van der Waals surface area contributed by atoms with Gasteiger partial charge < -0.3 is 11.1 Å². The Bertz CT molecular complexity index is 356. The molecular weight excluding hydrogens is 200 g/mol. The maximum absolute atomic E-state index is 9.93. The summed E-state index contributed by atoms with van der Waals surface area (Å²) in [7, 11) is 0. The maximum atomic E-state index is 9.93. The van der Waals surface area contributed by atoms with E-state index in [4.69, 9.17) is 5.73 Å². The highest BCUT2D eigenvalue weighted by molar-refractivity contribution is 5.76. The number of nitro groups is 1. The van der Waals surface area contributed by atoms with E-state index in [-0.39, 0.29) is 5.96 Å². The van der Waals surface area contributed by atoms with E-state index in [1.165, 1.54) is 6.20 Å². The van der Waals surface area contributed by atoms with Gasteiger partial charge in [0.25, 0.3) is 5.96 Å². The molecule has 1 aliphatic heterocycles. The summed E-state index contributed by atoms with van der Waals surface area (Å²) in [6.07, 6.45) is 8.68. The van der Waals surface area contributed by atoms with Crippen molar-refractivity contribution in [2.45, 2.75) is 0 Å². The van der Waals surface area contributed by atoms with Crippen LogP contribution in [-0.4, -0.2) is 11.0 Å². The molecule has 0 aliphatic carbocycles. The molecule has 0 atom stereocenters. The summed E-state index contributed by atoms with van der Waals surface area (Å²) < 4.78 is 0. The van der Waals surface area contributed by atoms with Crippen LogP contribution >= 0.6 is 0 Å². The van der Waals surface area contributed by atoms with Gasteiger partial charge in [0.15, 0.2) is 5.03 Å². The molecule has 80 valence electrons. The predicted octanol–water partition coefficient (Wildman–Crippen LogP) is -0.898. The minimum atomic E-state index is -0.796. The second kappa shape index (κ2) is 5.27. The van der Waals surface area contributed by atoms with Gasteiger partial charge in [-0.2, -0.15) is 0 Å². The van der Waals surface area contributed by atoms with E-state index in [1.54, 1.807) is 17.7 Å². The zero-order chi connectivity index (χ0) is 11.1.